The maximum Gasteiger partial charge on any atom is 0.253 e. The maximum atomic E-state index is 11.7. The van der Waals surface area contributed by atoms with Crippen molar-refractivity contribution in [1.82, 2.24) is 15.0 Å². The summed E-state index contributed by atoms with van der Waals surface area (Å²) in [5.41, 5.74) is 5.98. The van der Waals surface area contributed by atoms with E-state index in [9.17, 15) is 13.2 Å². The van der Waals surface area contributed by atoms with E-state index in [1.54, 1.807) is 0 Å². The first kappa shape index (κ1) is 14.7. The third-order valence-electron chi connectivity index (χ3n) is 1.92. The van der Waals surface area contributed by atoms with Gasteiger partial charge in [0.2, 0.25) is 10.0 Å². The number of carbonyl (C=O) groups excluding carboxylic acids is 1. The Morgan fingerprint density at radius 2 is 2.17 bits per heavy atom. The minimum absolute atomic E-state index is 0.100. The predicted octanol–water partition coefficient (Wildman–Crippen LogP) is -0.404. The van der Waals surface area contributed by atoms with E-state index in [0.717, 1.165) is 6.26 Å². The van der Waals surface area contributed by atoms with Crippen molar-refractivity contribution in [3.63, 3.8) is 0 Å². The van der Waals surface area contributed by atoms with Crippen molar-refractivity contribution in [2.24, 2.45) is 0 Å². The third kappa shape index (κ3) is 4.86. The first-order chi connectivity index (χ1) is 8.29. The Labute approximate surface area is 110 Å². The summed E-state index contributed by atoms with van der Waals surface area (Å²) in [5.74, 6) is -0.438. The Morgan fingerprint density at radius 1 is 1.50 bits per heavy atom. The van der Waals surface area contributed by atoms with Gasteiger partial charge in [0.05, 0.1) is 23.7 Å². The van der Waals surface area contributed by atoms with E-state index in [4.69, 9.17) is 17.3 Å². The third-order valence-corrected chi connectivity index (χ3v) is 2.86. The number of hydrogen-bond acceptors (Lipinski definition) is 5. The van der Waals surface area contributed by atoms with E-state index in [0.29, 0.717) is 0 Å². The molecule has 1 rings (SSSR count). The van der Waals surface area contributed by atoms with Crippen LogP contribution < -0.4 is 15.8 Å². The van der Waals surface area contributed by atoms with Gasteiger partial charge in [-0.1, -0.05) is 11.6 Å². The summed E-state index contributed by atoms with van der Waals surface area (Å²) in [5, 5.41) is 2.66. The molecule has 0 spiro atoms. The summed E-state index contributed by atoms with van der Waals surface area (Å²) >= 11 is 5.64. The Hall–Kier alpha value is -1.38. The minimum Gasteiger partial charge on any atom is -0.397 e. The molecular weight excluding hydrogens is 280 g/mol. The lowest BCUT2D eigenvalue weighted by Crippen LogP contribution is -2.34. The lowest BCUT2D eigenvalue weighted by atomic mass is 10.2. The molecule has 1 heterocycles. The highest BCUT2D eigenvalue weighted by Gasteiger charge is 2.10. The molecule has 0 bridgehead atoms. The zero-order valence-electron chi connectivity index (χ0n) is 9.60. The predicted molar refractivity (Wildman–Crippen MR) is 68.8 cm³/mol. The number of pyridine rings is 1. The van der Waals surface area contributed by atoms with Gasteiger partial charge in [0.1, 0.15) is 5.15 Å². The SMILES string of the molecule is CS(=O)(=O)NCCNC(=O)c1cc(Cl)ncc1N. The number of nitrogens with two attached hydrogens (primary N) is 1. The molecule has 7 nitrogen and oxygen atoms in total. The van der Waals surface area contributed by atoms with E-state index in [2.05, 4.69) is 15.0 Å². The van der Waals surface area contributed by atoms with Gasteiger partial charge in [0.25, 0.3) is 5.91 Å². The van der Waals surface area contributed by atoms with Crippen LogP contribution in [0.3, 0.4) is 0 Å². The molecule has 0 aliphatic rings. The molecule has 9 heteroatoms. The van der Waals surface area contributed by atoms with E-state index in [-0.39, 0.29) is 29.5 Å². The van der Waals surface area contributed by atoms with Crippen molar-refractivity contribution in [3.05, 3.63) is 23.0 Å². The summed E-state index contributed by atoms with van der Waals surface area (Å²) in [6, 6.07) is 1.34. The van der Waals surface area contributed by atoms with Gasteiger partial charge in [-0.2, -0.15) is 0 Å². The smallest absolute Gasteiger partial charge is 0.253 e. The largest absolute Gasteiger partial charge is 0.397 e. The highest BCUT2D eigenvalue weighted by atomic mass is 35.5. The van der Waals surface area contributed by atoms with Gasteiger partial charge >= 0.3 is 0 Å². The molecule has 18 heavy (non-hydrogen) atoms. The molecule has 100 valence electrons. The van der Waals surface area contributed by atoms with Crippen LogP contribution in [0.25, 0.3) is 0 Å². The fourth-order valence-electron chi connectivity index (χ4n) is 1.14. The number of aromatic nitrogens is 1. The lowest BCUT2D eigenvalue weighted by Gasteiger charge is -2.07. The van der Waals surface area contributed by atoms with Crippen LogP contribution in [0.5, 0.6) is 0 Å². The summed E-state index contributed by atoms with van der Waals surface area (Å²) in [6.07, 6.45) is 2.32. The molecule has 0 fully saturated rings. The average Bonchev–Trinajstić information content (AvgIpc) is 2.26. The number of hydrogen-bond donors (Lipinski definition) is 3. The van der Waals surface area contributed by atoms with Gasteiger partial charge in [-0.3, -0.25) is 4.79 Å². The molecule has 0 unspecified atom stereocenters. The second-order valence-electron chi connectivity index (χ2n) is 3.52. The molecule has 1 aromatic rings. The van der Waals surface area contributed by atoms with Crippen LogP contribution in [0, 0.1) is 0 Å². The van der Waals surface area contributed by atoms with Gasteiger partial charge in [-0.05, 0) is 6.07 Å². The Balaban J connectivity index is 2.53. The molecule has 0 aromatic carbocycles. The van der Waals surface area contributed by atoms with Crippen molar-refractivity contribution in [2.75, 3.05) is 25.1 Å². The van der Waals surface area contributed by atoms with Crippen molar-refractivity contribution in [1.29, 1.82) is 0 Å². The number of halogens is 1. The number of carbonyl (C=O) groups is 1. The summed E-state index contributed by atoms with van der Waals surface area (Å²) < 4.78 is 23.8. The van der Waals surface area contributed by atoms with Crippen LogP contribution in [-0.2, 0) is 10.0 Å². The normalized spacial score (nSPS) is 11.2. The van der Waals surface area contributed by atoms with Crippen LogP contribution in [0.1, 0.15) is 10.4 Å². The lowest BCUT2D eigenvalue weighted by molar-refractivity contribution is 0.0955. The molecule has 0 saturated heterocycles. The van der Waals surface area contributed by atoms with Crippen molar-refractivity contribution in [3.8, 4) is 0 Å². The highest BCUT2D eigenvalue weighted by molar-refractivity contribution is 7.88. The van der Waals surface area contributed by atoms with Gasteiger partial charge in [0.15, 0.2) is 0 Å². The van der Waals surface area contributed by atoms with Crippen LogP contribution in [0.2, 0.25) is 5.15 Å². The van der Waals surface area contributed by atoms with Crippen LogP contribution in [0.15, 0.2) is 12.3 Å². The summed E-state index contributed by atoms with van der Waals surface area (Å²) in [7, 11) is -3.26. The molecule has 1 amide bonds. The monoisotopic (exact) mass is 292 g/mol. The summed E-state index contributed by atoms with van der Waals surface area (Å²) in [6.45, 7) is 0.245. The Kier molecular flexibility index (Phi) is 4.88. The van der Waals surface area contributed by atoms with E-state index >= 15 is 0 Å². The molecule has 1 aromatic heterocycles. The fourth-order valence-corrected chi connectivity index (χ4v) is 1.78. The number of nitrogen functional groups attached to an aromatic ring is 1. The van der Waals surface area contributed by atoms with E-state index < -0.39 is 15.9 Å². The van der Waals surface area contributed by atoms with Gasteiger partial charge in [0, 0.05) is 13.1 Å². The Bertz CT molecular complexity index is 547. The van der Waals surface area contributed by atoms with Crippen molar-refractivity contribution < 1.29 is 13.2 Å². The number of sulfonamides is 1. The maximum absolute atomic E-state index is 11.7. The van der Waals surface area contributed by atoms with Crippen molar-refractivity contribution in [2.45, 2.75) is 0 Å². The van der Waals surface area contributed by atoms with E-state index in [1.807, 2.05) is 0 Å². The standard InChI is InChI=1S/C9H13ClN4O3S/c1-18(16,17)14-3-2-12-9(15)6-4-8(10)13-5-7(6)11/h4-5,14H,2-3,11H2,1H3,(H,12,15). The molecule has 0 aliphatic carbocycles. The first-order valence-electron chi connectivity index (χ1n) is 4.93. The van der Waals surface area contributed by atoms with E-state index in [1.165, 1.54) is 12.3 Å². The minimum atomic E-state index is -3.26. The first-order valence-corrected chi connectivity index (χ1v) is 7.20. The van der Waals surface area contributed by atoms with Crippen LogP contribution >= 0.6 is 11.6 Å². The molecule has 0 saturated carbocycles. The second kappa shape index (κ2) is 5.98. The molecule has 0 atom stereocenters. The molecule has 0 radical (unpaired) electrons. The van der Waals surface area contributed by atoms with Gasteiger partial charge in [-0.15, -0.1) is 0 Å². The van der Waals surface area contributed by atoms with Gasteiger partial charge < -0.3 is 11.1 Å². The molecule has 4 N–H and O–H groups in total. The number of nitrogens with zero attached hydrogens (tertiary/aromatic N) is 1. The van der Waals surface area contributed by atoms with Crippen molar-refractivity contribution >= 4 is 33.2 Å². The number of rotatable bonds is 5. The number of amides is 1. The zero-order valence-corrected chi connectivity index (χ0v) is 11.2. The topological polar surface area (TPSA) is 114 Å². The summed E-state index contributed by atoms with van der Waals surface area (Å²) in [4.78, 5) is 15.4. The van der Waals surface area contributed by atoms with Gasteiger partial charge in [-0.25, -0.2) is 18.1 Å². The highest BCUT2D eigenvalue weighted by Crippen LogP contribution is 2.14. The second-order valence-corrected chi connectivity index (χ2v) is 5.74. The van der Waals surface area contributed by atoms with Crippen LogP contribution in [0.4, 0.5) is 5.69 Å². The average molecular weight is 293 g/mol. The zero-order chi connectivity index (χ0) is 13.8. The quantitative estimate of drug-likeness (QED) is 0.504. The van der Waals surface area contributed by atoms with Crippen LogP contribution in [-0.4, -0.2) is 38.7 Å². The Morgan fingerprint density at radius 3 is 2.78 bits per heavy atom. The fraction of sp³-hybridized carbons (Fsp3) is 0.333. The molecular formula is C9H13ClN4O3S. The number of nitrogens with one attached hydrogen (secondary N) is 2. The molecule has 0 aliphatic heterocycles. The number of anilines is 1.